The summed E-state index contributed by atoms with van der Waals surface area (Å²) in [5.74, 6) is 2.80. The van der Waals surface area contributed by atoms with Crippen molar-refractivity contribution in [3.8, 4) is 17.1 Å². The molecule has 2 aromatic heterocycles. The minimum Gasteiger partial charge on any atom is -0.493 e. The van der Waals surface area contributed by atoms with Crippen LogP contribution in [0.3, 0.4) is 0 Å². The molecule has 1 aromatic carbocycles. The van der Waals surface area contributed by atoms with Crippen LogP contribution >= 0.6 is 0 Å². The molecule has 1 atom stereocenters. The second kappa shape index (κ2) is 8.14. The fraction of sp³-hybridized carbons (Fsp3) is 0.286. The van der Waals surface area contributed by atoms with E-state index in [2.05, 4.69) is 20.3 Å². The fourth-order valence-electron chi connectivity index (χ4n) is 2.97. The van der Waals surface area contributed by atoms with Gasteiger partial charge in [-0.25, -0.2) is 9.97 Å². The minimum absolute atomic E-state index is 0.499. The summed E-state index contributed by atoms with van der Waals surface area (Å²) in [6.07, 6.45) is 4.56. The highest BCUT2D eigenvalue weighted by Gasteiger charge is 2.16. The van der Waals surface area contributed by atoms with Crippen LogP contribution in [0, 0.1) is 12.8 Å². The van der Waals surface area contributed by atoms with Crippen molar-refractivity contribution in [1.82, 2.24) is 15.0 Å². The third kappa shape index (κ3) is 4.60. The first kappa shape index (κ1) is 17.4. The number of aromatic nitrogens is 3. The fourth-order valence-corrected chi connectivity index (χ4v) is 2.97. The van der Waals surface area contributed by atoms with E-state index >= 15 is 0 Å². The van der Waals surface area contributed by atoms with Gasteiger partial charge in [0, 0.05) is 47.9 Å². The Morgan fingerprint density at radius 3 is 2.67 bits per heavy atom. The molecule has 0 amide bonds. The van der Waals surface area contributed by atoms with Gasteiger partial charge in [0.15, 0.2) is 5.82 Å². The number of pyridine rings is 1. The highest BCUT2D eigenvalue weighted by atomic mass is 16.5. The van der Waals surface area contributed by atoms with Crippen LogP contribution in [0.2, 0.25) is 0 Å². The van der Waals surface area contributed by atoms with E-state index in [1.165, 1.54) is 0 Å². The van der Waals surface area contributed by atoms with E-state index in [4.69, 9.17) is 9.47 Å². The molecule has 27 heavy (non-hydrogen) atoms. The van der Waals surface area contributed by atoms with Gasteiger partial charge in [0.1, 0.15) is 11.6 Å². The molecule has 1 N–H and O–H groups in total. The van der Waals surface area contributed by atoms with Crippen LogP contribution in [-0.4, -0.2) is 34.8 Å². The standard InChI is InChI=1S/C21H22N4O2/c1-15-12-20(25-21(23-15)17-6-9-22-10-7-17)24-18-2-4-19(5-3-18)27-14-16-8-11-26-13-16/h2-7,9-10,12,16H,8,11,13-14H2,1H3,(H,23,24,25). The maximum Gasteiger partial charge on any atom is 0.161 e. The summed E-state index contributed by atoms with van der Waals surface area (Å²) in [7, 11) is 0. The van der Waals surface area contributed by atoms with Crippen molar-refractivity contribution < 1.29 is 9.47 Å². The summed E-state index contributed by atoms with van der Waals surface area (Å²) in [6.45, 7) is 4.30. The van der Waals surface area contributed by atoms with Crippen LogP contribution in [0.15, 0.2) is 54.9 Å². The number of nitrogens with zero attached hydrogens (tertiary/aromatic N) is 3. The van der Waals surface area contributed by atoms with Gasteiger partial charge >= 0.3 is 0 Å². The molecule has 6 heteroatoms. The van der Waals surface area contributed by atoms with E-state index in [0.717, 1.165) is 48.1 Å². The molecule has 0 spiro atoms. The van der Waals surface area contributed by atoms with Gasteiger partial charge in [-0.1, -0.05) is 0 Å². The third-order valence-electron chi connectivity index (χ3n) is 4.43. The third-order valence-corrected chi connectivity index (χ3v) is 4.43. The summed E-state index contributed by atoms with van der Waals surface area (Å²) in [4.78, 5) is 13.2. The number of ether oxygens (including phenoxy) is 2. The number of hydrogen-bond donors (Lipinski definition) is 1. The topological polar surface area (TPSA) is 69.2 Å². The normalized spacial score (nSPS) is 16.3. The molecule has 1 aliphatic heterocycles. The number of rotatable bonds is 6. The van der Waals surface area contributed by atoms with Crippen molar-refractivity contribution in [3.63, 3.8) is 0 Å². The van der Waals surface area contributed by atoms with Crippen molar-refractivity contribution in [2.45, 2.75) is 13.3 Å². The van der Waals surface area contributed by atoms with E-state index in [0.29, 0.717) is 18.3 Å². The Morgan fingerprint density at radius 2 is 1.93 bits per heavy atom. The van der Waals surface area contributed by atoms with E-state index in [9.17, 15) is 0 Å². The summed E-state index contributed by atoms with van der Waals surface area (Å²) in [6, 6.07) is 13.6. The van der Waals surface area contributed by atoms with Gasteiger partial charge in [0.25, 0.3) is 0 Å². The maximum atomic E-state index is 5.85. The Kier molecular flexibility index (Phi) is 5.25. The van der Waals surface area contributed by atoms with Crippen molar-refractivity contribution in [2.24, 2.45) is 5.92 Å². The molecular formula is C21H22N4O2. The van der Waals surface area contributed by atoms with Gasteiger partial charge < -0.3 is 14.8 Å². The molecule has 0 radical (unpaired) electrons. The summed E-state index contributed by atoms with van der Waals surface area (Å²) in [5, 5.41) is 3.34. The van der Waals surface area contributed by atoms with Crippen LogP contribution in [0.5, 0.6) is 5.75 Å². The first-order valence-electron chi connectivity index (χ1n) is 9.10. The number of nitrogens with one attached hydrogen (secondary N) is 1. The van der Waals surface area contributed by atoms with Crippen LogP contribution in [0.4, 0.5) is 11.5 Å². The van der Waals surface area contributed by atoms with Crippen LogP contribution < -0.4 is 10.1 Å². The number of aryl methyl sites for hydroxylation is 1. The van der Waals surface area contributed by atoms with Gasteiger partial charge in [-0.05, 0) is 49.7 Å². The van der Waals surface area contributed by atoms with Gasteiger partial charge in [0.05, 0.1) is 13.2 Å². The minimum atomic E-state index is 0.499. The summed E-state index contributed by atoms with van der Waals surface area (Å²) < 4.78 is 11.2. The molecule has 0 bridgehead atoms. The van der Waals surface area contributed by atoms with Crippen LogP contribution in [0.1, 0.15) is 12.1 Å². The highest BCUT2D eigenvalue weighted by Crippen LogP contribution is 2.23. The number of hydrogen-bond acceptors (Lipinski definition) is 6. The predicted octanol–water partition coefficient (Wildman–Crippen LogP) is 4.01. The van der Waals surface area contributed by atoms with E-state index in [1.54, 1.807) is 12.4 Å². The SMILES string of the molecule is Cc1cc(Nc2ccc(OCC3CCOC3)cc2)nc(-c2ccncc2)n1. The lowest BCUT2D eigenvalue weighted by atomic mass is 10.1. The molecule has 0 saturated carbocycles. The van der Waals surface area contributed by atoms with Crippen molar-refractivity contribution in [2.75, 3.05) is 25.1 Å². The van der Waals surface area contributed by atoms with Crippen molar-refractivity contribution in [1.29, 1.82) is 0 Å². The molecule has 1 aliphatic rings. The van der Waals surface area contributed by atoms with Gasteiger partial charge in [0.2, 0.25) is 0 Å². The average Bonchev–Trinajstić information content (AvgIpc) is 3.21. The average molecular weight is 362 g/mol. The lowest BCUT2D eigenvalue weighted by Crippen LogP contribution is -2.11. The number of benzene rings is 1. The molecule has 3 aromatic rings. The second-order valence-electron chi connectivity index (χ2n) is 6.64. The molecule has 6 nitrogen and oxygen atoms in total. The molecule has 1 saturated heterocycles. The number of anilines is 2. The molecule has 1 unspecified atom stereocenters. The Balaban J connectivity index is 1.43. The summed E-state index contributed by atoms with van der Waals surface area (Å²) in [5.41, 5.74) is 2.79. The Labute approximate surface area is 158 Å². The van der Waals surface area contributed by atoms with Gasteiger partial charge in [-0.15, -0.1) is 0 Å². The first-order chi connectivity index (χ1) is 13.3. The first-order valence-corrected chi connectivity index (χ1v) is 9.10. The van der Waals surface area contributed by atoms with E-state index in [1.807, 2.05) is 49.4 Å². The molecule has 4 rings (SSSR count). The van der Waals surface area contributed by atoms with Crippen molar-refractivity contribution >= 4 is 11.5 Å². The Hall–Kier alpha value is -2.99. The quantitative estimate of drug-likeness (QED) is 0.715. The zero-order chi connectivity index (χ0) is 18.5. The molecule has 1 fully saturated rings. The van der Waals surface area contributed by atoms with Gasteiger partial charge in [-0.2, -0.15) is 0 Å². The van der Waals surface area contributed by atoms with E-state index < -0.39 is 0 Å². The largest absolute Gasteiger partial charge is 0.493 e. The molecular weight excluding hydrogens is 340 g/mol. The van der Waals surface area contributed by atoms with Gasteiger partial charge in [-0.3, -0.25) is 4.98 Å². The second-order valence-corrected chi connectivity index (χ2v) is 6.64. The Bertz CT molecular complexity index is 878. The Morgan fingerprint density at radius 1 is 1.11 bits per heavy atom. The summed E-state index contributed by atoms with van der Waals surface area (Å²) >= 11 is 0. The van der Waals surface area contributed by atoms with Crippen LogP contribution in [-0.2, 0) is 4.74 Å². The lowest BCUT2D eigenvalue weighted by molar-refractivity contribution is 0.167. The zero-order valence-corrected chi connectivity index (χ0v) is 15.3. The predicted molar refractivity (Wildman–Crippen MR) is 104 cm³/mol. The highest BCUT2D eigenvalue weighted by molar-refractivity contribution is 5.61. The smallest absolute Gasteiger partial charge is 0.161 e. The zero-order valence-electron chi connectivity index (χ0n) is 15.3. The maximum absolute atomic E-state index is 5.85. The van der Waals surface area contributed by atoms with E-state index in [-0.39, 0.29) is 0 Å². The lowest BCUT2D eigenvalue weighted by Gasteiger charge is -2.12. The monoisotopic (exact) mass is 362 g/mol. The molecule has 0 aliphatic carbocycles. The molecule has 3 heterocycles. The van der Waals surface area contributed by atoms with Crippen molar-refractivity contribution in [3.05, 3.63) is 60.6 Å². The van der Waals surface area contributed by atoms with Crippen LogP contribution in [0.25, 0.3) is 11.4 Å². The molecule has 138 valence electrons.